The fourth-order valence-corrected chi connectivity index (χ4v) is 3.75. The normalized spacial score (nSPS) is 18.9. The van der Waals surface area contributed by atoms with Crippen LogP contribution in [0.25, 0.3) is 0 Å². The molecule has 1 aromatic carbocycles. The van der Waals surface area contributed by atoms with Gasteiger partial charge in [0, 0.05) is 27.2 Å². The number of hydrogen-bond acceptors (Lipinski definition) is 3. The lowest BCUT2D eigenvalue weighted by atomic mass is 9.98. The molecule has 4 rings (SSSR count). The Morgan fingerprint density at radius 1 is 1.20 bits per heavy atom. The maximum atomic E-state index is 5.47. The highest BCUT2D eigenvalue weighted by Gasteiger charge is 2.41. The molecule has 6 heteroatoms. The molecule has 2 fully saturated rings. The Labute approximate surface area is 167 Å². The summed E-state index contributed by atoms with van der Waals surface area (Å²) in [6.07, 6.45) is 5.70. The number of halogens is 1. The number of benzene rings is 1. The van der Waals surface area contributed by atoms with Crippen molar-refractivity contribution in [3.05, 3.63) is 23.8 Å². The summed E-state index contributed by atoms with van der Waals surface area (Å²) in [6, 6.07) is 6.13. The molecule has 0 amide bonds. The third-order valence-corrected chi connectivity index (χ3v) is 5.38. The molecule has 1 aromatic rings. The van der Waals surface area contributed by atoms with Gasteiger partial charge in [0.25, 0.3) is 0 Å². The summed E-state index contributed by atoms with van der Waals surface area (Å²) in [4.78, 5) is 6.64. The lowest BCUT2D eigenvalue weighted by molar-refractivity contribution is 0.174. The molecule has 0 unspecified atom stereocenters. The largest absolute Gasteiger partial charge is 0.454 e. The van der Waals surface area contributed by atoms with E-state index in [0.29, 0.717) is 6.79 Å². The molecule has 2 aliphatic carbocycles. The highest BCUT2D eigenvalue weighted by Crippen LogP contribution is 2.48. The fraction of sp³-hybridized carbons (Fsp3) is 0.632. The van der Waals surface area contributed by atoms with E-state index < -0.39 is 0 Å². The van der Waals surface area contributed by atoms with Crippen LogP contribution in [0.5, 0.6) is 11.5 Å². The van der Waals surface area contributed by atoms with Crippen LogP contribution in [0.3, 0.4) is 0 Å². The molecule has 1 aliphatic heterocycles. The molecule has 25 heavy (non-hydrogen) atoms. The molecule has 1 N–H and O–H groups in total. The maximum Gasteiger partial charge on any atom is 0.231 e. The van der Waals surface area contributed by atoms with Crippen LogP contribution in [0.4, 0.5) is 0 Å². The molecular formula is C19H28IN3O2. The van der Waals surface area contributed by atoms with Crippen molar-refractivity contribution >= 4 is 29.9 Å². The van der Waals surface area contributed by atoms with Crippen molar-refractivity contribution in [3.8, 4) is 11.5 Å². The van der Waals surface area contributed by atoms with Gasteiger partial charge in [-0.05, 0) is 61.1 Å². The molecule has 0 bridgehead atoms. The predicted molar refractivity (Wildman–Crippen MR) is 110 cm³/mol. The van der Waals surface area contributed by atoms with Crippen LogP contribution < -0.4 is 14.8 Å². The lowest BCUT2D eigenvalue weighted by Crippen LogP contribution is -2.41. The van der Waals surface area contributed by atoms with Crippen LogP contribution in [-0.2, 0) is 6.54 Å². The molecule has 0 aromatic heterocycles. The van der Waals surface area contributed by atoms with Crippen molar-refractivity contribution in [2.45, 2.75) is 32.2 Å². The van der Waals surface area contributed by atoms with E-state index in [0.717, 1.165) is 48.3 Å². The highest BCUT2D eigenvalue weighted by molar-refractivity contribution is 14.0. The maximum absolute atomic E-state index is 5.47. The number of hydrogen-bond donors (Lipinski definition) is 1. The van der Waals surface area contributed by atoms with E-state index in [1.165, 1.54) is 31.2 Å². The second-order valence-electron chi connectivity index (χ2n) is 7.31. The minimum atomic E-state index is 0. The van der Waals surface area contributed by atoms with Crippen molar-refractivity contribution in [3.63, 3.8) is 0 Å². The summed E-state index contributed by atoms with van der Waals surface area (Å²) in [5.74, 6) is 5.41. The van der Waals surface area contributed by atoms with Gasteiger partial charge in [-0.25, -0.2) is 0 Å². The van der Waals surface area contributed by atoms with Crippen molar-refractivity contribution in [2.24, 2.45) is 22.7 Å². The fourth-order valence-electron chi connectivity index (χ4n) is 3.75. The number of aliphatic imine (C=N–C) groups is 1. The number of fused-ring (bicyclic) bond motifs is 1. The van der Waals surface area contributed by atoms with Crippen molar-refractivity contribution in [1.82, 2.24) is 10.2 Å². The van der Waals surface area contributed by atoms with Gasteiger partial charge in [0.05, 0.1) is 0 Å². The average Bonchev–Trinajstić information content (AvgIpc) is 3.50. The van der Waals surface area contributed by atoms with Crippen LogP contribution in [0.2, 0.25) is 0 Å². The Bertz CT molecular complexity index is 617. The molecule has 2 saturated carbocycles. The first kappa shape index (κ1) is 18.6. The van der Waals surface area contributed by atoms with Crippen LogP contribution >= 0.6 is 24.0 Å². The Hall–Kier alpha value is -1.18. The number of rotatable bonds is 6. The Balaban J connectivity index is 0.00000182. The van der Waals surface area contributed by atoms with Crippen molar-refractivity contribution < 1.29 is 9.47 Å². The molecule has 0 spiro atoms. The number of ether oxygens (including phenoxy) is 2. The standard InChI is InChI=1S/C19H27N3O2.HI/c1-20-19(21-10-16(14-4-5-14)15-6-7-15)22(2)11-13-3-8-17-18(9-13)24-12-23-17;/h3,8-9,14-16H,4-7,10-12H2,1-2H3,(H,20,21);1H. The third-order valence-electron chi connectivity index (χ3n) is 5.38. The number of nitrogens with zero attached hydrogens (tertiary/aromatic N) is 2. The number of nitrogens with one attached hydrogen (secondary N) is 1. The highest BCUT2D eigenvalue weighted by atomic mass is 127. The zero-order valence-electron chi connectivity index (χ0n) is 15.0. The molecule has 5 nitrogen and oxygen atoms in total. The second-order valence-corrected chi connectivity index (χ2v) is 7.31. The summed E-state index contributed by atoms with van der Waals surface area (Å²) in [5, 5.41) is 3.60. The first-order valence-corrected chi connectivity index (χ1v) is 9.05. The zero-order valence-corrected chi connectivity index (χ0v) is 17.4. The van der Waals surface area contributed by atoms with Gasteiger partial charge in [-0.2, -0.15) is 0 Å². The molecule has 138 valence electrons. The topological polar surface area (TPSA) is 46.1 Å². The Morgan fingerprint density at radius 2 is 1.88 bits per heavy atom. The Morgan fingerprint density at radius 3 is 2.52 bits per heavy atom. The van der Waals surface area contributed by atoms with Crippen molar-refractivity contribution in [1.29, 1.82) is 0 Å². The van der Waals surface area contributed by atoms with Crippen LogP contribution in [0.1, 0.15) is 31.2 Å². The second kappa shape index (κ2) is 8.01. The molecule has 0 atom stereocenters. The van der Waals surface area contributed by atoms with Gasteiger partial charge >= 0.3 is 0 Å². The van der Waals surface area contributed by atoms with E-state index in [1.54, 1.807) is 0 Å². The quantitative estimate of drug-likeness (QED) is 0.404. The third kappa shape index (κ3) is 4.51. The monoisotopic (exact) mass is 457 g/mol. The van der Waals surface area contributed by atoms with Gasteiger partial charge in [0.15, 0.2) is 17.5 Å². The van der Waals surface area contributed by atoms with Gasteiger partial charge < -0.3 is 19.7 Å². The minimum absolute atomic E-state index is 0. The molecule has 1 heterocycles. The van der Waals surface area contributed by atoms with Crippen molar-refractivity contribution in [2.75, 3.05) is 27.4 Å². The van der Waals surface area contributed by atoms with E-state index in [-0.39, 0.29) is 24.0 Å². The summed E-state index contributed by atoms with van der Waals surface area (Å²) in [6.45, 7) is 2.18. The van der Waals surface area contributed by atoms with E-state index >= 15 is 0 Å². The van der Waals surface area contributed by atoms with E-state index in [4.69, 9.17) is 9.47 Å². The SMILES string of the molecule is CN=C(NCC(C1CC1)C1CC1)N(C)Cc1ccc2c(c1)OCO2.I. The summed E-state index contributed by atoms with van der Waals surface area (Å²) in [5.41, 5.74) is 1.20. The predicted octanol–water partition coefficient (Wildman–Crippen LogP) is 3.48. The average molecular weight is 457 g/mol. The van der Waals surface area contributed by atoms with Crippen LogP contribution in [-0.4, -0.2) is 38.3 Å². The smallest absolute Gasteiger partial charge is 0.231 e. The van der Waals surface area contributed by atoms with Gasteiger partial charge in [0.1, 0.15) is 0 Å². The molecule has 0 saturated heterocycles. The minimum Gasteiger partial charge on any atom is -0.454 e. The first-order chi connectivity index (χ1) is 11.7. The van der Waals surface area contributed by atoms with Crippen LogP contribution in [0.15, 0.2) is 23.2 Å². The first-order valence-electron chi connectivity index (χ1n) is 9.05. The summed E-state index contributed by atoms with van der Waals surface area (Å²) in [7, 11) is 3.95. The van der Waals surface area contributed by atoms with Gasteiger partial charge in [-0.15, -0.1) is 24.0 Å². The van der Waals surface area contributed by atoms with E-state index in [2.05, 4.69) is 34.4 Å². The van der Waals surface area contributed by atoms with E-state index in [1.807, 2.05) is 13.1 Å². The lowest BCUT2D eigenvalue weighted by Gasteiger charge is -2.25. The summed E-state index contributed by atoms with van der Waals surface area (Å²) < 4.78 is 10.8. The number of guanidine groups is 1. The molecule has 3 aliphatic rings. The van der Waals surface area contributed by atoms with Crippen LogP contribution in [0, 0.1) is 17.8 Å². The van der Waals surface area contributed by atoms with Gasteiger partial charge in [-0.1, -0.05) is 6.07 Å². The Kier molecular flexibility index (Phi) is 5.96. The summed E-state index contributed by atoms with van der Waals surface area (Å²) >= 11 is 0. The zero-order chi connectivity index (χ0) is 16.5. The molecular weight excluding hydrogens is 429 g/mol. The van der Waals surface area contributed by atoms with Gasteiger partial charge in [0.2, 0.25) is 6.79 Å². The van der Waals surface area contributed by atoms with Gasteiger partial charge in [-0.3, -0.25) is 4.99 Å². The molecule has 0 radical (unpaired) electrons. The van der Waals surface area contributed by atoms with E-state index in [9.17, 15) is 0 Å².